The van der Waals surface area contributed by atoms with E-state index in [0.717, 1.165) is 0 Å². The van der Waals surface area contributed by atoms with Crippen molar-refractivity contribution in [2.75, 3.05) is 18.6 Å². The zero-order chi connectivity index (χ0) is 21.2. The first-order valence-electron chi connectivity index (χ1n) is 9.28. The third-order valence-electron chi connectivity index (χ3n) is 4.59. The summed E-state index contributed by atoms with van der Waals surface area (Å²) in [5.74, 6) is -1.15. The lowest BCUT2D eigenvalue weighted by molar-refractivity contribution is -0.161. The third-order valence-corrected chi connectivity index (χ3v) is 4.59. The van der Waals surface area contributed by atoms with Gasteiger partial charge in [-0.3, -0.25) is 0 Å². The van der Waals surface area contributed by atoms with Crippen LogP contribution in [-0.4, -0.2) is 42.4 Å². The van der Waals surface area contributed by atoms with Gasteiger partial charge in [-0.2, -0.15) is 0 Å². The van der Waals surface area contributed by atoms with E-state index in [-0.39, 0.29) is 6.61 Å². The molecule has 1 aliphatic rings. The zero-order valence-corrected chi connectivity index (χ0v) is 16.9. The maximum atomic E-state index is 12.9. The van der Waals surface area contributed by atoms with E-state index >= 15 is 0 Å². The Bertz CT molecular complexity index is 874. The Morgan fingerprint density at radius 1 is 1.10 bits per heavy atom. The molecule has 0 saturated carbocycles. The van der Waals surface area contributed by atoms with Crippen molar-refractivity contribution >= 4 is 17.6 Å². The fourth-order valence-electron chi connectivity index (χ4n) is 3.39. The number of carbonyl (C=O) groups excluding carboxylic acids is 1. The molecule has 1 heterocycles. The molecule has 0 spiro atoms. The van der Waals surface area contributed by atoms with Crippen LogP contribution in [0.3, 0.4) is 0 Å². The quantitative estimate of drug-likeness (QED) is 0.773. The highest BCUT2D eigenvalue weighted by Crippen LogP contribution is 2.42. The van der Waals surface area contributed by atoms with Gasteiger partial charge in [-0.25, -0.2) is 9.59 Å². The summed E-state index contributed by atoms with van der Waals surface area (Å²) in [5, 5.41) is 10.2. The summed E-state index contributed by atoms with van der Waals surface area (Å²) >= 11 is 0. The number of carboxylic acids is 1. The fourth-order valence-corrected chi connectivity index (χ4v) is 3.39. The second-order valence-electron chi connectivity index (χ2n) is 7.74. The first kappa shape index (κ1) is 20.7. The van der Waals surface area contributed by atoms with Gasteiger partial charge in [-0.1, -0.05) is 30.3 Å². The van der Waals surface area contributed by atoms with Gasteiger partial charge >= 0.3 is 11.9 Å². The van der Waals surface area contributed by atoms with E-state index in [1.54, 1.807) is 82.5 Å². The molecule has 7 nitrogen and oxygen atoms in total. The number of aliphatic carboxylic acids is 1. The van der Waals surface area contributed by atoms with Gasteiger partial charge in [0, 0.05) is 11.3 Å². The van der Waals surface area contributed by atoms with Crippen LogP contribution >= 0.6 is 0 Å². The maximum Gasteiger partial charge on any atom is 0.362 e. The van der Waals surface area contributed by atoms with E-state index < -0.39 is 29.3 Å². The van der Waals surface area contributed by atoms with Crippen molar-refractivity contribution < 1.29 is 28.9 Å². The Morgan fingerprint density at radius 2 is 1.72 bits per heavy atom. The SMILES string of the molecule is COc1ccc(N2C(C(=O)OC(C)(C)C)COC2(C(=O)O)c2ccccc2)cc1. The van der Waals surface area contributed by atoms with E-state index in [0.29, 0.717) is 17.0 Å². The molecule has 0 bridgehead atoms. The molecule has 0 radical (unpaired) electrons. The number of carboxylic acid groups (broad SMARTS) is 1. The molecule has 1 fully saturated rings. The maximum absolute atomic E-state index is 12.9. The molecule has 0 aliphatic carbocycles. The number of methoxy groups -OCH3 is 1. The molecule has 2 unspecified atom stereocenters. The normalized spacial score (nSPS) is 21.7. The molecule has 1 saturated heterocycles. The molecule has 0 aromatic heterocycles. The molecular formula is C22H25NO6. The minimum absolute atomic E-state index is 0.123. The van der Waals surface area contributed by atoms with Crippen LogP contribution in [0.2, 0.25) is 0 Å². The van der Waals surface area contributed by atoms with Crippen molar-refractivity contribution in [2.45, 2.75) is 38.1 Å². The first-order valence-corrected chi connectivity index (χ1v) is 9.28. The van der Waals surface area contributed by atoms with E-state index in [1.807, 2.05) is 0 Å². The molecule has 1 N–H and O–H groups in total. The predicted octanol–water partition coefficient (Wildman–Crippen LogP) is 3.18. The molecule has 7 heteroatoms. The van der Waals surface area contributed by atoms with Gasteiger partial charge in [0.05, 0.1) is 13.7 Å². The molecule has 3 rings (SSSR count). The molecular weight excluding hydrogens is 374 g/mol. The van der Waals surface area contributed by atoms with Crippen LogP contribution in [0.1, 0.15) is 26.3 Å². The van der Waals surface area contributed by atoms with E-state index in [4.69, 9.17) is 14.2 Å². The van der Waals surface area contributed by atoms with Crippen LogP contribution in [-0.2, 0) is 24.8 Å². The van der Waals surface area contributed by atoms with Gasteiger partial charge in [0.15, 0.2) is 6.04 Å². The fraction of sp³-hybridized carbons (Fsp3) is 0.364. The molecule has 1 aliphatic heterocycles. The van der Waals surface area contributed by atoms with Crippen molar-refractivity contribution in [1.29, 1.82) is 0 Å². The Kier molecular flexibility index (Phi) is 5.53. The van der Waals surface area contributed by atoms with Crippen molar-refractivity contribution in [1.82, 2.24) is 0 Å². The number of ether oxygens (including phenoxy) is 3. The van der Waals surface area contributed by atoms with Gasteiger partial charge in [0.25, 0.3) is 5.72 Å². The molecule has 2 aromatic rings. The Labute approximate surface area is 169 Å². The van der Waals surface area contributed by atoms with Gasteiger partial charge in [-0.05, 0) is 45.0 Å². The molecule has 0 amide bonds. The lowest BCUT2D eigenvalue weighted by atomic mass is 9.99. The van der Waals surface area contributed by atoms with E-state index in [9.17, 15) is 14.7 Å². The van der Waals surface area contributed by atoms with Crippen LogP contribution in [0.5, 0.6) is 5.75 Å². The standard InChI is InChI=1S/C22H25NO6/c1-21(2,3)29-19(24)18-14-28-22(20(25)26,15-8-6-5-7-9-15)23(18)16-10-12-17(27-4)13-11-16/h5-13,18H,14H2,1-4H3,(H,25,26). The lowest BCUT2D eigenvalue weighted by Gasteiger charge is -2.37. The van der Waals surface area contributed by atoms with Gasteiger partial charge in [0.2, 0.25) is 0 Å². The second kappa shape index (κ2) is 7.75. The Morgan fingerprint density at radius 3 is 2.24 bits per heavy atom. The first-order chi connectivity index (χ1) is 13.7. The van der Waals surface area contributed by atoms with Crippen molar-refractivity contribution in [2.24, 2.45) is 0 Å². The van der Waals surface area contributed by atoms with Gasteiger partial charge in [0.1, 0.15) is 11.4 Å². The van der Waals surface area contributed by atoms with E-state index in [1.165, 1.54) is 4.90 Å². The highest BCUT2D eigenvalue weighted by Gasteiger charge is 2.58. The summed E-state index contributed by atoms with van der Waals surface area (Å²) in [4.78, 5) is 27.0. The summed E-state index contributed by atoms with van der Waals surface area (Å²) in [6.45, 7) is 5.17. The van der Waals surface area contributed by atoms with Crippen molar-refractivity contribution in [3.8, 4) is 5.75 Å². The number of esters is 1. The largest absolute Gasteiger partial charge is 0.497 e. The number of hydrogen-bond acceptors (Lipinski definition) is 6. The average Bonchev–Trinajstić information content (AvgIpc) is 3.09. The topological polar surface area (TPSA) is 85.3 Å². The van der Waals surface area contributed by atoms with Crippen molar-refractivity contribution in [3.63, 3.8) is 0 Å². The lowest BCUT2D eigenvalue weighted by Crippen LogP contribution is -2.54. The highest BCUT2D eigenvalue weighted by atomic mass is 16.6. The zero-order valence-electron chi connectivity index (χ0n) is 16.9. The van der Waals surface area contributed by atoms with Crippen LogP contribution in [0, 0.1) is 0 Å². The molecule has 2 aromatic carbocycles. The van der Waals surface area contributed by atoms with Crippen LogP contribution < -0.4 is 9.64 Å². The molecule has 154 valence electrons. The smallest absolute Gasteiger partial charge is 0.362 e. The highest BCUT2D eigenvalue weighted by molar-refractivity contribution is 5.90. The number of benzene rings is 2. The van der Waals surface area contributed by atoms with Crippen molar-refractivity contribution in [3.05, 3.63) is 60.2 Å². The molecule has 2 atom stereocenters. The summed E-state index contributed by atoms with van der Waals surface area (Å²) in [7, 11) is 1.54. The predicted molar refractivity (Wildman–Crippen MR) is 107 cm³/mol. The Hall–Kier alpha value is -3.06. The Balaban J connectivity index is 2.14. The monoisotopic (exact) mass is 399 g/mol. The van der Waals surface area contributed by atoms with Gasteiger partial charge < -0.3 is 24.2 Å². The number of carbonyl (C=O) groups is 2. The van der Waals surface area contributed by atoms with Crippen LogP contribution in [0.4, 0.5) is 5.69 Å². The number of nitrogens with zero attached hydrogens (tertiary/aromatic N) is 1. The van der Waals surface area contributed by atoms with E-state index in [2.05, 4.69) is 0 Å². The van der Waals surface area contributed by atoms with Crippen LogP contribution in [0.25, 0.3) is 0 Å². The molecule has 29 heavy (non-hydrogen) atoms. The van der Waals surface area contributed by atoms with Crippen LogP contribution in [0.15, 0.2) is 54.6 Å². The summed E-state index contributed by atoms with van der Waals surface area (Å²) in [6, 6.07) is 14.5. The third kappa shape index (κ3) is 3.91. The number of hydrogen-bond donors (Lipinski definition) is 1. The minimum atomic E-state index is -1.86. The average molecular weight is 399 g/mol. The summed E-state index contributed by atoms with van der Waals surface area (Å²) in [6.07, 6.45) is 0. The van der Waals surface area contributed by atoms with Gasteiger partial charge in [-0.15, -0.1) is 0 Å². The second-order valence-corrected chi connectivity index (χ2v) is 7.74. The number of rotatable bonds is 5. The minimum Gasteiger partial charge on any atom is -0.497 e. The summed E-state index contributed by atoms with van der Waals surface area (Å²) in [5.41, 5.74) is -1.67. The number of anilines is 1. The summed E-state index contributed by atoms with van der Waals surface area (Å²) < 4.78 is 16.6.